The van der Waals surface area contributed by atoms with Gasteiger partial charge in [0.25, 0.3) is 11.8 Å². The van der Waals surface area contributed by atoms with Gasteiger partial charge in [-0.15, -0.1) is 0 Å². The minimum Gasteiger partial charge on any atom is -0.341 e. The zero-order valence-corrected chi connectivity index (χ0v) is 15.0. The first-order chi connectivity index (χ1) is 11.3. The maximum atomic E-state index is 12.8. The maximum Gasteiger partial charge on any atom is 0.256 e. The Labute approximate surface area is 146 Å². The lowest BCUT2D eigenvalue weighted by Gasteiger charge is -2.29. The molecular weight excluding hydrogens is 322 g/mol. The summed E-state index contributed by atoms with van der Waals surface area (Å²) in [6.07, 6.45) is 0. The van der Waals surface area contributed by atoms with Gasteiger partial charge in [0.2, 0.25) is 0 Å². The van der Waals surface area contributed by atoms with E-state index in [9.17, 15) is 9.59 Å². The van der Waals surface area contributed by atoms with E-state index < -0.39 is 0 Å². The molecule has 0 aliphatic carbocycles. The van der Waals surface area contributed by atoms with Gasteiger partial charge in [-0.3, -0.25) is 9.59 Å². The molecule has 6 heteroatoms. The van der Waals surface area contributed by atoms with Crippen molar-refractivity contribution >= 4 is 28.8 Å². The predicted molar refractivity (Wildman–Crippen MR) is 98.5 cm³/mol. The SMILES string of the molecule is CN(CC(C)(C)CN)C(=O)c1ccccc1NC(=O)c1ccsc1. The van der Waals surface area contributed by atoms with E-state index >= 15 is 0 Å². The molecule has 0 saturated heterocycles. The molecule has 3 N–H and O–H groups in total. The molecule has 0 atom stereocenters. The molecule has 0 bridgehead atoms. The Morgan fingerprint density at radius 2 is 1.96 bits per heavy atom. The number of nitrogens with one attached hydrogen (secondary N) is 1. The number of hydrogen-bond donors (Lipinski definition) is 2. The molecule has 0 fully saturated rings. The fourth-order valence-electron chi connectivity index (χ4n) is 2.35. The smallest absolute Gasteiger partial charge is 0.256 e. The van der Waals surface area contributed by atoms with Crippen LogP contribution in [0.1, 0.15) is 34.6 Å². The summed E-state index contributed by atoms with van der Waals surface area (Å²) < 4.78 is 0. The molecule has 128 valence electrons. The quantitative estimate of drug-likeness (QED) is 0.845. The lowest BCUT2D eigenvalue weighted by atomic mass is 9.93. The van der Waals surface area contributed by atoms with Crippen LogP contribution in [0.5, 0.6) is 0 Å². The van der Waals surface area contributed by atoms with Crippen LogP contribution in [0.2, 0.25) is 0 Å². The van der Waals surface area contributed by atoms with Crippen molar-refractivity contribution in [3.63, 3.8) is 0 Å². The molecule has 0 aliphatic rings. The maximum absolute atomic E-state index is 12.8. The number of rotatable bonds is 6. The highest BCUT2D eigenvalue weighted by Crippen LogP contribution is 2.21. The average molecular weight is 345 g/mol. The highest BCUT2D eigenvalue weighted by molar-refractivity contribution is 7.08. The topological polar surface area (TPSA) is 75.4 Å². The molecule has 1 aromatic carbocycles. The third-order valence-corrected chi connectivity index (χ3v) is 4.44. The monoisotopic (exact) mass is 345 g/mol. The number of amides is 2. The normalized spacial score (nSPS) is 11.2. The van der Waals surface area contributed by atoms with Crippen LogP contribution in [-0.2, 0) is 0 Å². The molecular formula is C18H23N3O2S. The second kappa shape index (κ2) is 7.59. The molecule has 24 heavy (non-hydrogen) atoms. The lowest BCUT2D eigenvalue weighted by Crippen LogP contribution is -2.40. The summed E-state index contributed by atoms with van der Waals surface area (Å²) in [6.45, 7) is 5.05. The Morgan fingerprint density at radius 3 is 2.58 bits per heavy atom. The van der Waals surface area contributed by atoms with E-state index in [-0.39, 0.29) is 17.2 Å². The van der Waals surface area contributed by atoms with Gasteiger partial charge in [-0.2, -0.15) is 11.3 Å². The molecule has 2 rings (SSSR count). The molecule has 1 aromatic heterocycles. The van der Waals surface area contributed by atoms with Gasteiger partial charge in [-0.25, -0.2) is 0 Å². The van der Waals surface area contributed by atoms with Crippen LogP contribution in [0, 0.1) is 5.41 Å². The van der Waals surface area contributed by atoms with E-state index in [1.165, 1.54) is 11.3 Å². The zero-order valence-electron chi connectivity index (χ0n) is 14.2. The number of carbonyl (C=O) groups excluding carboxylic acids is 2. The molecule has 0 unspecified atom stereocenters. The molecule has 0 aliphatic heterocycles. The Balaban J connectivity index is 2.19. The van der Waals surface area contributed by atoms with Crippen LogP contribution >= 0.6 is 11.3 Å². The molecule has 2 amide bonds. The minimum absolute atomic E-state index is 0.141. The van der Waals surface area contributed by atoms with Gasteiger partial charge >= 0.3 is 0 Å². The van der Waals surface area contributed by atoms with Gasteiger partial charge < -0.3 is 16.0 Å². The number of thiophene rings is 1. The van der Waals surface area contributed by atoms with Gasteiger partial charge in [-0.1, -0.05) is 26.0 Å². The van der Waals surface area contributed by atoms with Crippen LogP contribution in [0.25, 0.3) is 0 Å². The molecule has 1 heterocycles. The number of para-hydroxylation sites is 1. The van der Waals surface area contributed by atoms with Crippen molar-refractivity contribution in [1.29, 1.82) is 0 Å². The van der Waals surface area contributed by atoms with Crippen LogP contribution in [0.3, 0.4) is 0 Å². The Bertz CT molecular complexity index is 711. The number of carbonyl (C=O) groups is 2. The van der Waals surface area contributed by atoms with Gasteiger partial charge in [0.15, 0.2) is 0 Å². The lowest BCUT2D eigenvalue weighted by molar-refractivity contribution is 0.0741. The van der Waals surface area contributed by atoms with Gasteiger partial charge in [0.05, 0.1) is 16.8 Å². The van der Waals surface area contributed by atoms with Crippen molar-refractivity contribution in [2.45, 2.75) is 13.8 Å². The third kappa shape index (κ3) is 4.43. The highest BCUT2D eigenvalue weighted by Gasteiger charge is 2.23. The van der Waals surface area contributed by atoms with Crippen LogP contribution in [-0.4, -0.2) is 36.9 Å². The van der Waals surface area contributed by atoms with E-state index in [0.717, 1.165) is 0 Å². The number of hydrogen-bond acceptors (Lipinski definition) is 4. The van der Waals surface area contributed by atoms with Gasteiger partial charge in [0.1, 0.15) is 0 Å². The van der Waals surface area contributed by atoms with Gasteiger partial charge in [0, 0.05) is 19.0 Å². The fraction of sp³-hybridized carbons (Fsp3) is 0.333. The van der Waals surface area contributed by atoms with Crippen LogP contribution in [0.15, 0.2) is 41.1 Å². The van der Waals surface area contributed by atoms with Crippen LogP contribution in [0.4, 0.5) is 5.69 Å². The van der Waals surface area contributed by atoms with E-state index in [1.807, 2.05) is 19.2 Å². The Morgan fingerprint density at radius 1 is 1.25 bits per heavy atom. The first-order valence-electron chi connectivity index (χ1n) is 7.72. The van der Waals surface area contributed by atoms with Crippen molar-refractivity contribution in [3.05, 3.63) is 52.2 Å². The number of nitrogens with zero attached hydrogens (tertiary/aromatic N) is 1. The first kappa shape index (κ1) is 18.2. The van der Waals surface area contributed by atoms with E-state index in [4.69, 9.17) is 5.73 Å². The van der Waals surface area contributed by atoms with Crippen molar-refractivity contribution in [2.75, 3.05) is 25.5 Å². The van der Waals surface area contributed by atoms with Crippen molar-refractivity contribution in [3.8, 4) is 0 Å². The highest BCUT2D eigenvalue weighted by atomic mass is 32.1. The second-order valence-electron chi connectivity index (χ2n) is 6.54. The number of nitrogens with two attached hydrogens (primary N) is 1. The Hall–Kier alpha value is -2.18. The number of anilines is 1. The summed E-state index contributed by atoms with van der Waals surface area (Å²) >= 11 is 1.45. The molecule has 2 aromatic rings. The largest absolute Gasteiger partial charge is 0.341 e. The fourth-order valence-corrected chi connectivity index (χ4v) is 2.99. The summed E-state index contributed by atoms with van der Waals surface area (Å²) in [5.41, 5.74) is 7.14. The van der Waals surface area contributed by atoms with Crippen molar-refractivity contribution < 1.29 is 9.59 Å². The summed E-state index contributed by atoms with van der Waals surface area (Å²) in [6, 6.07) is 8.79. The van der Waals surface area contributed by atoms with Crippen molar-refractivity contribution in [1.82, 2.24) is 4.90 Å². The van der Waals surface area contributed by atoms with Crippen molar-refractivity contribution in [2.24, 2.45) is 11.1 Å². The molecule has 5 nitrogen and oxygen atoms in total. The number of benzene rings is 1. The van der Waals surface area contributed by atoms with Crippen LogP contribution < -0.4 is 11.1 Å². The average Bonchev–Trinajstić information content (AvgIpc) is 3.09. The first-order valence-corrected chi connectivity index (χ1v) is 8.66. The summed E-state index contributed by atoms with van der Waals surface area (Å²) in [5.74, 6) is -0.362. The van der Waals surface area contributed by atoms with E-state index in [0.29, 0.717) is 29.9 Å². The summed E-state index contributed by atoms with van der Waals surface area (Å²) in [5, 5.41) is 6.44. The summed E-state index contributed by atoms with van der Waals surface area (Å²) in [7, 11) is 1.75. The molecule has 0 saturated carbocycles. The second-order valence-corrected chi connectivity index (χ2v) is 7.32. The van der Waals surface area contributed by atoms with E-state index in [2.05, 4.69) is 5.32 Å². The summed E-state index contributed by atoms with van der Waals surface area (Å²) in [4.78, 5) is 26.7. The van der Waals surface area contributed by atoms with Gasteiger partial charge in [-0.05, 0) is 35.5 Å². The minimum atomic E-state index is -0.221. The predicted octanol–water partition coefficient (Wildman–Crippen LogP) is 3.06. The zero-order chi connectivity index (χ0) is 17.7. The Kier molecular flexibility index (Phi) is 5.75. The molecule has 0 radical (unpaired) electrons. The molecule has 0 spiro atoms. The van der Waals surface area contributed by atoms with E-state index in [1.54, 1.807) is 47.7 Å². The standard InChI is InChI=1S/C18H23N3O2S/c1-18(2,11-19)12-21(3)17(23)14-6-4-5-7-15(14)20-16(22)13-8-9-24-10-13/h4-10H,11-12,19H2,1-3H3,(H,20,22). The third-order valence-electron chi connectivity index (χ3n) is 3.75.